The van der Waals surface area contributed by atoms with Crippen LogP contribution < -0.4 is 0 Å². The molecule has 0 spiro atoms. The van der Waals surface area contributed by atoms with E-state index in [9.17, 15) is 0 Å². The van der Waals surface area contributed by atoms with Gasteiger partial charge >= 0.3 is 0 Å². The van der Waals surface area contributed by atoms with Crippen LogP contribution in [0.5, 0.6) is 0 Å². The molecule has 0 amide bonds. The van der Waals surface area contributed by atoms with Crippen LogP contribution >= 0.6 is 24.2 Å². The summed E-state index contributed by atoms with van der Waals surface area (Å²) in [4.78, 5) is 0. The van der Waals surface area contributed by atoms with Crippen LogP contribution in [0.1, 0.15) is 17.5 Å². The largest absolute Gasteiger partial charge is 0.179 e. The summed E-state index contributed by atoms with van der Waals surface area (Å²) >= 11 is 10.2. The highest BCUT2D eigenvalue weighted by atomic mass is 35.5. The molecule has 0 saturated carbocycles. The summed E-state index contributed by atoms with van der Waals surface area (Å²) in [7, 11) is 0. The molecular weight excluding hydrogens is 188 g/mol. The SMILES string of the molecule is Cc1ccc(CCCS)c(Cl)c1. The van der Waals surface area contributed by atoms with Crippen molar-refractivity contribution in [1.29, 1.82) is 0 Å². The van der Waals surface area contributed by atoms with Crippen molar-refractivity contribution in [2.24, 2.45) is 0 Å². The van der Waals surface area contributed by atoms with Crippen molar-refractivity contribution in [2.75, 3.05) is 5.75 Å². The van der Waals surface area contributed by atoms with E-state index in [1.54, 1.807) is 0 Å². The molecule has 0 radical (unpaired) electrons. The van der Waals surface area contributed by atoms with Crippen molar-refractivity contribution in [3.8, 4) is 0 Å². The zero-order valence-electron chi connectivity index (χ0n) is 7.18. The van der Waals surface area contributed by atoms with Crippen molar-refractivity contribution in [3.63, 3.8) is 0 Å². The number of benzene rings is 1. The van der Waals surface area contributed by atoms with E-state index in [2.05, 4.69) is 24.8 Å². The van der Waals surface area contributed by atoms with Gasteiger partial charge < -0.3 is 0 Å². The van der Waals surface area contributed by atoms with Crippen LogP contribution in [-0.4, -0.2) is 5.75 Å². The first kappa shape index (κ1) is 9.94. The predicted molar refractivity (Wildman–Crippen MR) is 58.4 cm³/mol. The zero-order chi connectivity index (χ0) is 8.97. The lowest BCUT2D eigenvalue weighted by molar-refractivity contribution is 0.935. The van der Waals surface area contributed by atoms with Gasteiger partial charge in [0, 0.05) is 5.02 Å². The molecular formula is C10H13ClS. The van der Waals surface area contributed by atoms with Crippen LogP contribution in [0, 0.1) is 6.92 Å². The average molecular weight is 201 g/mol. The molecule has 2 heteroatoms. The number of hydrogen-bond donors (Lipinski definition) is 1. The molecule has 0 nitrogen and oxygen atoms in total. The van der Waals surface area contributed by atoms with E-state index >= 15 is 0 Å². The Morgan fingerprint density at radius 3 is 2.75 bits per heavy atom. The molecule has 0 aliphatic carbocycles. The summed E-state index contributed by atoms with van der Waals surface area (Å²) < 4.78 is 0. The van der Waals surface area contributed by atoms with E-state index < -0.39 is 0 Å². The van der Waals surface area contributed by atoms with Gasteiger partial charge in [-0.25, -0.2) is 0 Å². The maximum Gasteiger partial charge on any atom is 0.0440 e. The number of rotatable bonds is 3. The van der Waals surface area contributed by atoms with E-state index in [0.717, 1.165) is 23.6 Å². The third-order valence-corrected chi connectivity index (χ3v) is 2.48. The molecule has 0 bridgehead atoms. The molecule has 0 N–H and O–H groups in total. The van der Waals surface area contributed by atoms with Gasteiger partial charge in [-0.2, -0.15) is 12.6 Å². The molecule has 0 aliphatic heterocycles. The fourth-order valence-corrected chi connectivity index (χ4v) is 1.61. The highest BCUT2D eigenvalue weighted by Gasteiger charge is 1.98. The predicted octanol–water partition coefficient (Wildman–Crippen LogP) is 3.51. The standard InChI is InChI=1S/C10H13ClS/c1-8-4-5-9(3-2-6-12)10(11)7-8/h4-5,7,12H,2-3,6H2,1H3. The highest BCUT2D eigenvalue weighted by Crippen LogP contribution is 2.18. The molecule has 1 aromatic carbocycles. The molecule has 0 heterocycles. The fourth-order valence-electron chi connectivity index (χ4n) is 1.12. The first-order valence-electron chi connectivity index (χ1n) is 4.10. The summed E-state index contributed by atoms with van der Waals surface area (Å²) in [6.07, 6.45) is 2.12. The van der Waals surface area contributed by atoms with Gasteiger partial charge in [-0.3, -0.25) is 0 Å². The lowest BCUT2D eigenvalue weighted by Gasteiger charge is -2.03. The lowest BCUT2D eigenvalue weighted by atomic mass is 10.1. The summed E-state index contributed by atoms with van der Waals surface area (Å²) in [5, 5.41) is 0.886. The Morgan fingerprint density at radius 2 is 2.17 bits per heavy atom. The van der Waals surface area contributed by atoms with Crippen LogP contribution in [0.15, 0.2) is 18.2 Å². The highest BCUT2D eigenvalue weighted by molar-refractivity contribution is 7.80. The smallest absolute Gasteiger partial charge is 0.0440 e. The molecule has 1 rings (SSSR count). The van der Waals surface area contributed by atoms with Gasteiger partial charge in [0.2, 0.25) is 0 Å². The monoisotopic (exact) mass is 200 g/mol. The summed E-state index contributed by atoms with van der Waals surface area (Å²) in [6, 6.07) is 6.20. The van der Waals surface area contributed by atoms with Crippen LogP contribution in [0.3, 0.4) is 0 Å². The molecule has 0 saturated heterocycles. The van der Waals surface area contributed by atoms with Gasteiger partial charge in [-0.15, -0.1) is 0 Å². The molecule has 66 valence electrons. The van der Waals surface area contributed by atoms with Gasteiger partial charge in [0.1, 0.15) is 0 Å². The molecule has 0 atom stereocenters. The molecule has 0 aliphatic rings. The van der Waals surface area contributed by atoms with Crippen molar-refractivity contribution in [1.82, 2.24) is 0 Å². The van der Waals surface area contributed by atoms with Gasteiger partial charge in [0.05, 0.1) is 0 Å². The second-order valence-electron chi connectivity index (χ2n) is 2.92. The van der Waals surface area contributed by atoms with Gasteiger partial charge in [0.15, 0.2) is 0 Å². The average Bonchev–Trinajstić information content (AvgIpc) is 2.03. The minimum Gasteiger partial charge on any atom is -0.179 e. The minimum absolute atomic E-state index is 0.886. The molecule has 1 aromatic rings. The number of aryl methyl sites for hydroxylation is 2. The first-order valence-corrected chi connectivity index (χ1v) is 5.11. The second-order valence-corrected chi connectivity index (χ2v) is 3.78. The fraction of sp³-hybridized carbons (Fsp3) is 0.400. The van der Waals surface area contributed by atoms with E-state index in [0.29, 0.717) is 0 Å². The van der Waals surface area contributed by atoms with Crippen molar-refractivity contribution in [2.45, 2.75) is 19.8 Å². The summed E-state index contributed by atoms with van der Waals surface area (Å²) in [5.41, 5.74) is 2.45. The van der Waals surface area contributed by atoms with Crippen molar-refractivity contribution >= 4 is 24.2 Å². The second kappa shape index (κ2) is 4.78. The maximum absolute atomic E-state index is 6.04. The van der Waals surface area contributed by atoms with Crippen LogP contribution in [-0.2, 0) is 6.42 Å². The van der Waals surface area contributed by atoms with Gasteiger partial charge in [-0.1, -0.05) is 23.7 Å². The van der Waals surface area contributed by atoms with Gasteiger partial charge in [0.25, 0.3) is 0 Å². The van der Waals surface area contributed by atoms with Crippen molar-refractivity contribution < 1.29 is 0 Å². The maximum atomic E-state index is 6.04. The number of halogens is 1. The van der Waals surface area contributed by atoms with Crippen LogP contribution in [0.2, 0.25) is 5.02 Å². The van der Waals surface area contributed by atoms with Crippen LogP contribution in [0.25, 0.3) is 0 Å². The third kappa shape index (κ3) is 2.72. The molecule has 0 unspecified atom stereocenters. The minimum atomic E-state index is 0.886. The third-order valence-electron chi connectivity index (χ3n) is 1.81. The Balaban J connectivity index is 2.72. The van der Waals surface area contributed by atoms with E-state index in [1.165, 1.54) is 11.1 Å². The van der Waals surface area contributed by atoms with E-state index in [4.69, 9.17) is 11.6 Å². The number of thiol groups is 1. The first-order chi connectivity index (χ1) is 5.74. The Bertz CT molecular complexity index is 258. The quantitative estimate of drug-likeness (QED) is 0.710. The molecule has 12 heavy (non-hydrogen) atoms. The summed E-state index contributed by atoms with van der Waals surface area (Å²) in [5.74, 6) is 0.921. The topological polar surface area (TPSA) is 0 Å². The number of hydrogen-bond acceptors (Lipinski definition) is 1. The molecule has 0 fully saturated rings. The zero-order valence-corrected chi connectivity index (χ0v) is 8.83. The summed E-state index contributed by atoms with van der Waals surface area (Å²) in [6.45, 7) is 2.05. The Labute approximate surface area is 84.3 Å². The normalized spacial score (nSPS) is 10.2. The Kier molecular flexibility index (Phi) is 3.96. The van der Waals surface area contributed by atoms with Gasteiger partial charge in [-0.05, 0) is 42.7 Å². The van der Waals surface area contributed by atoms with E-state index in [1.807, 2.05) is 13.0 Å². The lowest BCUT2D eigenvalue weighted by Crippen LogP contribution is -1.88. The Morgan fingerprint density at radius 1 is 1.42 bits per heavy atom. The Hall–Kier alpha value is -0.140. The van der Waals surface area contributed by atoms with Crippen LogP contribution in [0.4, 0.5) is 0 Å². The van der Waals surface area contributed by atoms with Crippen molar-refractivity contribution in [3.05, 3.63) is 34.3 Å². The van der Waals surface area contributed by atoms with E-state index in [-0.39, 0.29) is 0 Å². The molecule has 0 aromatic heterocycles.